The molecule has 0 spiro atoms. The number of piperazine rings is 1. The van der Waals surface area contributed by atoms with Crippen LogP contribution < -0.4 is 14.7 Å². The third-order valence-corrected chi connectivity index (χ3v) is 6.84. The summed E-state index contributed by atoms with van der Waals surface area (Å²) in [5, 5.41) is -0.0324. The van der Waals surface area contributed by atoms with Gasteiger partial charge in [-0.3, -0.25) is 0 Å². The van der Waals surface area contributed by atoms with Gasteiger partial charge < -0.3 is 14.7 Å². The largest absolute Gasteiger partial charge is 0.419 e. The average Bonchev–Trinajstić information content (AvgIpc) is 3.31. The predicted molar refractivity (Wildman–Crippen MR) is 130 cm³/mol. The molecule has 7 nitrogen and oxygen atoms in total. The lowest BCUT2D eigenvalue weighted by atomic mass is 10.2. The molecule has 1 aromatic carbocycles. The molecule has 190 valence electrons. The van der Waals surface area contributed by atoms with Gasteiger partial charge in [0, 0.05) is 50.5 Å². The number of benzene rings is 1. The Hall–Kier alpha value is -3.21. The second-order valence-corrected chi connectivity index (χ2v) is 9.33. The lowest BCUT2D eigenvalue weighted by Crippen LogP contribution is -2.48. The normalized spacial score (nSPS) is 18.7. The van der Waals surface area contributed by atoms with Gasteiger partial charge in [0.25, 0.3) is 0 Å². The standard InChI is InChI=1S/C24H24ClF4N7/c1-15-4-3-9-36(15)23-32-20(16-6-7-19(26)18(25)14-16)31-22(33-23)35-12-10-34(11-13-35)21-17(24(27,28)29)5-2-8-30-21/h2,5-8,14-15H,3-4,9-13H2,1H3. The van der Waals surface area contributed by atoms with Gasteiger partial charge in [-0.05, 0) is 50.1 Å². The average molecular weight is 522 g/mol. The molecule has 1 atom stereocenters. The number of pyridine rings is 1. The Kier molecular flexibility index (Phi) is 6.59. The van der Waals surface area contributed by atoms with Crippen LogP contribution in [0.2, 0.25) is 5.02 Å². The number of nitrogens with zero attached hydrogens (tertiary/aromatic N) is 7. The van der Waals surface area contributed by atoms with Crippen molar-refractivity contribution in [2.24, 2.45) is 0 Å². The molecule has 36 heavy (non-hydrogen) atoms. The minimum absolute atomic E-state index is 0.0324. The van der Waals surface area contributed by atoms with Crippen LogP contribution in [0.5, 0.6) is 0 Å². The molecule has 0 radical (unpaired) electrons. The third-order valence-electron chi connectivity index (χ3n) is 6.55. The molecule has 0 N–H and O–H groups in total. The molecule has 2 aliphatic rings. The summed E-state index contributed by atoms with van der Waals surface area (Å²) < 4.78 is 54.2. The summed E-state index contributed by atoms with van der Waals surface area (Å²) in [6.45, 7) is 4.35. The Morgan fingerprint density at radius 1 is 0.944 bits per heavy atom. The molecule has 2 aromatic heterocycles. The lowest BCUT2D eigenvalue weighted by Gasteiger charge is -2.36. The van der Waals surface area contributed by atoms with Crippen LogP contribution in [0.1, 0.15) is 25.3 Å². The summed E-state index contributed by atoms with van der Waals surface area (Å²) in [5.74, 6) is 0.696. The Bertz CT molecular complexity index is 1250. The summed E-state index contributed by atoms with van der Waals surface area (Å²) in [6.07, 6.45) is -1.08. The second kappa shape index (κ2) is 9.68. The highest BCUT2D eigenvalue weighted by atomic mass is 35.5. The molecular formula is C24H24ClF4N7. The van der Waals surface area contributed by atoms with Crippen molar-refractivity contribution in [1.82, 2.24) is 19.9 Å². The first-order valence-electron chi connectivity index (χ1n) is 11.7. The molecule has 0 saturated carbocycles. The van der Waals surface area contributed by atoms with Crippen LogP contribution in [-0.4, -0.2) is 58.7 Å². The molecule has 3 aromatic rings. The molecular weight excluding hydrogens is 498 g/mol. The summed E-state index contributed by atoms with van der Waals surface area (Å²) in [4.78, 5) is 23.7. The Labute approximate surface area is 210 Å². The van der Waals surface area contributed by atoms with Gasteiger partial charge in [-0.15, -0.1) is 0 Å². The maximum absolute atomic E-state index is 13.8. The van der Waals surface area contributed by atoms with Crippen molar-refractivity contribution in [2.75, 3.05) is 47.4 Å². The van der Waals surface area contributed by atoms with Gasteiger partial charge >= 0.3 is 6.18 Å². The van der Waals surface area contributed by atoms with Crippen LogP contribution in [0.25, 0.3) is 11.4 Å². The highest BCUT2D eigenvalue weighted by Crippen LogP contribution is 2.36. The molecule has 2 fully saturated rings. The van der Waals surface area contributed by atoms with Gasteiger partial charge in [-0.2, -0.15) is 28.1 Å². The fraction of sp³-hybridized carbons (Fsp3) is 0.417. The third kappa shape index (κ3) is 4.88. The topological polar surface area (TPSA) is 61.3 Å². The second-order valence-electron chi connectivity index (χ2n) is 8.92. The van der Waals surface area contributed by atoms with Crippen molar-refractivity contribution in [3.8, 4) is 11.4 Å². The summed E-state index contributed by atoms with van der Waals surface area (Å²) >= 11 is 6.00. The van der Waals surface area contributed by atoms with E-state index < -0.39 is 17.6 Å². The monoisotopic (exact) mass is 521 g/mol. The molecule has 5 rings (SSSR count). The highest BCUT2D eigenvalue weighted by Gasteiger charge is 2.36. The number of anilines is 3. The lowest BCUT2D eigenvalue weighted by molar-refractivity contribution is -0.137. The van der Waals surface area contributed by atoms with Crippen LogP contribution in [0.3, 0.4) is 0 Å². The van der Waals surface area contributed by atoms with Gasteiger partial charge in [-0.25, -0.2) is 9.37 Å². The Morgan fingerprint density at radius 2 is 1.67 bits per heavy atom. The smallest absolute Gasteiger partial charge is 0.353 e. The van der Waals surface area contributed by atoms with E-state index in [-0.39, 0.29) is 16.9 Å². The molecule has 0 aliphatic carbocycles. The number of hydrogen-bond acceptors (Lipinski definition) is 7. The minimum atomic E-state index is -4.48. The molecule has 1 unspecified atom stereocenters. The first-order chi connectivity index (χ1) is 17.2. The predicted octanol–water partition coefficient (Wildman–Crippen LogP) is 5.06. The van der Waals surface area contributed by atoms with Gasteiger partial charge in [-0.1, -0.05) is 11.6 Å². The van der Waals surface area contributed by atoms with Crippen molar-refractivity contribution in [3.63, 3.8) is 0 Å². The van der Waals surface area contributed by atoms with E-state index in [0.29, 0.717) is 49.5 Å². The zero-order chi connectivity index (χ0) is 25.4. The van der Waals surface area contributed by atoms with Gasteiger partial charge in [0.05, 0.1) is 10.6 Å². The van der Waals surface area contributed by atoms with E-state index in [4.69, 9.17) is 16.6 Å². The van der Waals surface area contributed by atoms with Crippen LogP contribution >= 0.6 is 11.6 Å². The quantitative estimate of drug-likeness (QED) is 0.445. The minimum Gasteiger partial charge on any atom is -0.353 e. The molecule has 0 amide bonds. The fourth-order valence-corrected chi connectivity index (χ4v) is 4.79. The first kappa shape index (κ1) is 24.5. The Morgan fingerprint density at radius 3 is 2.33 bits per heavy atom. The van der Waals surface area contributed by atoms with Crippen molar-refractivity contribution in [1.29, 1.82) is 0 Å². The fourth-order valence-electron chi connectivity index (χ4n) is 4.61. The highest BCUT2D eigenvalue weighted by molar-refractivity contribution is 6.31. The first-order valence-corrected chi connectivity index (χ1v) is 12.1. The number of aromatic nitrogens is 4. The van der Waals surface area contributed by atoms with Gasteiger partial charge in [0.15, 0.2) is 5.82 Å². The van der Waals surface area contributed by atoms with Crippen LogP contribution in [0.4, 0.5) is 35.3 Å². The van der Waals surface area contributed by atoms with E-state index in [1.54, 1.807) is 11.0 Å². The van der Waals surface area contributed by atoms with E-state index in [1.165, 1.54) is 24.4 Å². The number of alkyl halides is 3. The zero-order valence-corrected chi connectivity index (χ0v) is 20.3. The van der Waals surface area contributed by atoms with Crippen molar-refractivity contribution in [2.45, 2.75) is 32.0 Å². The molecule has 4 heterocycles. The van der Waals surface area contributed by atoms with Gasteiger partial charge in [0.2, 0.25) is 11.9 Å². The van der Waals surface area contributed by atoms with E-state index in [1.807, 2.05) is 4.90 Å². The Balaban J connectivity index is 1.44. The van der Waals surface area contributed by atoms with E-state index >= 15 is 0 Å². The molecule has 2 aliphatic heterocycles. The molecule has 12 heteroatoms. The van der Waals surface area contributed by atoms with Crippen LogP contribution in [-0.2, 0) is 6.18 Å². The summed E-state index contributed by atoms with van der Waals surface area (Å²) in [7, 11) is 0. The molecule has 0 bridgehead atoms. The van der Waals surface area contributed by atoms with Crippen molar-refractivity contribution in [3.05, 3.63) is 52.9 Å². The number of halogens is 5. The maximum atomic E-state index is 13.8. The van der Waals surface area contributed by atoms with E-state index in [0.717, 1.165) is 25.5 Å². The number of rotatable bonds is 4. The zero-order valence-electron chi connectivity index (χ0n) is 19.5. The van der Waals surface area contributed by atoms with Crippen LogP contribution in [0, 0.1) is 5.82 Å². The van der Waals surface area contributed by atoms with E-state index in [2.05, 4.69) is 26.8 Å². The summed E-state index contributed by atoms with van der Waals surface area (Å²) in [5.41, 5.74) is -0.195. The van der Waals surface area contributed by atoms with E-state index in [9.17, 15) is 17.6 Å². The maximum Gasteiger partial charge on any atom is 0.419 e. The molecule has 2 saturated heterocycles. The van der Waals surface area contributed by atoms with Gasteiger partial charge in [0.1, 0.15) is 11.6 Å². The number of hydrogen-bond donors (Lipinski definition) is 0. The van der Waals surface area contributed by atoms with Crippen LogP contribution in [0.15, 0.2) is 36.5 Å². The SMILES string of the molecule is CC1CCCN1c1nc(-c2ccc(F)c(Cl)c2)nc(N2CCN(c3ncccc3C(F)(F)F)CC2)n1. The summed E-state index contributed by atoms with van der Waals surface area (Å²) in [6, 6.07) is 6.90. The van der Waals surface area contributed by atoms with Crippen molar-refractivity contribution < 1.29 is 17.6 Å². The van der Waals surface area contributed by atoms with Crippen molar-refractivity contribution >= 4 is 29.3 Å².